The number of amides is 1. The monoisotopic (exact) mass is 571 g/mol. The zero-order valence-electron chi connectivity index (χ0n) is 24.5. The fourth-order valence-electron chi connectivity index (χ4n) is 6.34. The molecule has 42 heavy (non-hydrogen) atoms. The largest absolute Gasteiger partial charge is 0.392 e. The van der Waals surface area contributed by atoms with E-state index in [1.54, 1.807) is 36.4 Å². The number of rotatable bonds is 5. The van der Waals surface area contributed by atoms with Crippen LogP contribution < -0.4 is 21.1 Å². The van der Waals surface area contributed by atoms with Crippen molar-refractivity contribution >= 4 is 23.2 Å². The number of piperazine rings is 1. The van der Waals surface area contributed by atoms with Crippen LogP contribution in [-0.2, 0) is 33.0 Å². The number of fused-ring (bicyclic) bond motifs is 3. The van der Waals surface area contributed by atoms with Crippen molar-refractivity contribution in [2.75, 3.05) is 43.4 Å². The normalized spacial score (nSPS) is 19.0. The van der Waals surface area contributed by atoms with Gasteiger partial charge in [0.25, 0.3) is 11.5 Å². The topological polar surface area (TPSA) is 144 Å². The summed E-state index contributed by atoms with van der Waals surface area (Å²) in [6.07, 6.45) is 5.16. The Labute approximate surface area is 244 Å². The van der Waals surface area contributed by atoms with Crippen LogP contribution in [0.2, 0.25) is 0 Å². The summed E-state index contributed by atoms with van der Waals surface area (Å²) >= 11 is 0. The molecule has 1 fully saturated rings. The number of nitrogens with one attached hydrogen (secondary N) is 3. The first-order valence-corrected chi connectivity index (χ1v) is 14.2. The molecule has 0 spiro atoms. The van der Waals surface area contributed by atoms with E-state index in [0.717, 1.165) is 31.6 Å². The number of carbonyl (C=O) groups is 1. The van der Waals surface area contributed by atoms with Crippen LogP contribution in [0.25, 0.3) is 11.3 Å². The highest BCUT2D eigenvalue weighted by molar-refractivity contribution is 6.06. The zero-order chi connectivity index (χ0) is 29.8. The first-order chi connectivity index (χ1) is 20.0. The van der Waals surface area contributed by atoms with E-state index in [2.05, 4.69) is 44.0 Å². The van der Waals surface area contributed by atoms with E-state index in [0.29, 0.717) is 48.0 Å². The average molecular weight is 572 g/mol. The van der Waals surface area contributed by atoms with Crippen molar-refractivity contribution in [2.24, 2.45) is 12.5 Å². The van der Waals surface area contributed by atoms with E-state index in [1.165, 1.54) is 15.9 Å². The second-order valence-electron chi connectivity index (χ2n) is 12.2. The molecule has 0 atom stereocenters. The Balaban J connectivity index is 1.31. The highest BCUT2D eigenvalue weighted by atomic mass is 16.3. The third-order valence-corrected chi connectivity index (χ3v) is 8.28. The van der Waals surface area contributed by atoms with E-state index in [1.807, 2.05) is 13.1 Å². The van der Waals surface area contributed by atoms with Crippen LogP contribution in [-0.4, -0.2) is 74.3 Å². The smallest absolute Gasteiger partial charge is 0.290 e. The van der Waals surface area contributed by atoms with Gasteiger partial charge < -0.3 is 20.3 Å². The highest BCUT2D eigenvalue weighted by Crippen LogP contribution is 2.40. The molecule has 6 rings (SSSR count). The SMILES string of the molecule is CN1CCN/C(=C\C(=N)Nc2cc(-c3ccnc(N4CCn5c(cc6c5CC(C)(C)C6)C4=O)c3CO)nn(C)c2=O)C1. The number of likely N-dealkylation sites (N-methyl/N-ethyl adjacent to an activating group) is 1. The minimum Gasteiger partial charge on any atom is -0.392 e. The third-order valence-electron chi connectivity index (χ3n) is 8.28. The lowest BCUT2D eigenvalue weighted by molar-refractivity contribution is 0.0962. The molecule has 4 N–H and O–H groups in total. The summed E-state index contributed by atoms with van der Waals surface area (Å²) in [5, 5.41) is 29.6. The van der Waals surface area contributed by atoms with Gasteiger partial charge in [0.1, 0.15) is 23.0 Å². The molecule has 5 heterocycles. The van der Waals surface area contributed by atoms with E-state index in [9.17, 15) is 14.7 Å². The van der Waals surface area contributed by atoms with Crippen LogP contribution in [0.15, 0.2) is 41.0 Å². The summed E-state index contributed by atoms with van der Waals surface area (Å²) in [5.74, 6) is 0.298. The van der Waals surface area contributed by atoms with Gasteiger partial charge in [-0.05, 0) is 49.1 Å². The number of aliphatic hydroxyl groups is 1. The van der Waals surface area contributed by atoms with Crippen LogP contribution in [0.1, 0.15) is 41.2 Å². The van der Waals surface area contributed by atoms with Crippen LogP contribution in [0, 0.1) is 10.8 Å². The summed E-state index contributed by atoms with van der Waals surface area (Å²) in [6, 6.07) is 5.30. The van der Waals surface area contributed by atoms with Crippen LogP contribution in [0.5, 0.6) is 0 Å². The molecule has 1 aliphatic carbocycles. The molecular formula is C30H37N9O3. The Morgan fingerprint density at radius 2 is 2.00 bits per heavy atom. The molecular weight excluding hydrogens is 534 g/mol. The third kappa shape index (κ3) is 5.01. The van der Waals surface area contributed by atoms with Crippen LogP contribution in [0.4, 0.5) is 11.5 Å². The molecule has 12 heteroatoms. The van der Waals surface area contributed by atoms with E-state index >= 15 is 0 Å². The van der Waals surface area contributed by atoms with Crippen molar-refractivity contribution in [1.29, 1.82) is 5.41 Å². The average Bonchev–Trinajstić information content (AvgIpc) is 3.43. The van der Waals surface area contributed by atoms with Gasteiger partial charge in [0, 0.05) is 74.6 Å². The van der Waals surface area contributed by atoms with E-state index in [4.69, 9.17) is 5.41 Å². The molecule has 3 aromatic rings. The number of hydrogen-bond donors (Lipinski definition) is 4. The lowest BCUT2D eigenvalue weighted by atomic mass is 9.90. The molecule has 12 nitrogen and oxygen atoms in total. The first-order valence-electron chi connectivity index (χ1n) is 14.2. The van der Waals surface area contributed by atoms with E-state index in [-0.39, 0.29) is 29.5 Å². The van der Waals surface area contributed by atoms with Crippen molar-refractivity contribution in [2.45, 2.75) is 39.8 Å². The summed E-state index contributed by atoms with van der Waals surface area (Å²) < 4.78 is 3.34. The number of amidine groups is 1. The Bertz CT molecular complexity index is 1680. The second kappa shape index (κ2) is 10.5. The Morgan fingerprint density at radius 3 is 2.76 bits per heavy atom. The van der Waals surface area contributed by atoms with Gasteiger partial charge in [-0.3, -0.25) is 24.8 Å². The zero-order valence-corrected chi connectivity index (χ0v) is 24.5. The van der Waals surface area contributed by atoms with Gasteiger partial charge >= 0.3 is 0 Å². The quantitative estimate of drug-likeness (QED) is 0.268. The van der Waals surface area contributed by atoms with E-state index < -0.39 is 5.56 Å². The number of hydrogen-bond acceptors (Lipinski definition) is 8. The maximum absolute atomic E-state index is 13.7. The molecule has 0 radical (unpaired) electrons. The lowest BCUT2D eigenvalue weighted by Gasteiger charge is -2.30. The van der Waals surface area contributed by atoms with Gasteiger partial charge in [-0.2, -0.15) is 5.10 Å². The first kappa shape index (κ1) is 27.9. The van der Waals surface area contributed by atoms with Crippen molar-refractivity contribution < 1.29 is 9.90 Å². The molecule has 2 aliphatic heterocycles. The second-order valence-corrected chi connectivity index (χ2v) is 12.2. The lowest BCUT2D eigenvalue weighted by Crippen LogP contribution is -2.41. The summed E-state index contributed by atoms with van der Waals surface area (Å²) in [6.45, 7) is 7.60. The van der Waals surface area contributed by atoms with Crippen LogP contribution >= 0.6 is 0 Å². The molecule has 3 aromatic heterocycles. The number of anilines is 2. The number of carbonyl (C=O) groups excluding carboxylic acids is 1. The van der Waals surface area contributed by atoms with Gasteiger partial charge in [-0.15, -0.1) is 0 Å². The molecule has 0 bridgehead atoms. The molecule has 3 aliphatic rings. The minimum absolute atomic E-state index is 0.0667. The van der Waals surface area contributed by atoms with Crippen molar-refractivity contribution in [3.63, 3.8) is 0 Å². The minimum atomic E-state index is -0.390. The Kier molecular flexibility index (Phi) is 6.98. The fraction of sp³-hybridized carbons (Fsp3) is 0.433. The number of aliphatic hydroxyl groups excluding tert-OH is 1. The Morgan fingerprint density at radius 1 is 1.19 bits per heavy atom. The standard InChI is InChI=1S/C30H37N9O3/c1-30(2)14-18-11-24-29(42)39(10-9-38(24)25(18)15-30)27-21(17-40)20(5-6-33-27)22-13-23(28(41)37(4)35-22)34-26(31)12-19-16-36(3)8-7-32-19/h5-6,11-13,32,40H,7-10,14-17H2,1-4H3,(H2,31,34)/b19-12-. The van der Waals surface area contributed by atoms with Crippen molar-refractivity contribution in [3.05, 3.63) is 69.0 Å². The molecule has 0 unspecified atom stereocenters. The molecule has 220 valence electrons. The molecule has 1 amide bonds. The summed E-state index contributed by atoms with van der Waals surface area (Å²) in [5.41, 5.74) is 5.42. The van der Waals surface area contributed by atoms with Crippen LogP contribution in [0.3, 0.4) is 0 Å². The summed E-state index contributed by atoms with van der Waals surface area (Å²) in [4.78, 5) is 35.0. The predicted molar refractivity (Wildman–Crippen MR) is 161 cm³/mol. The number of pyridine rings is 1. The van der Waals surface area contributed by atoms with Crippen molar-refractivity contribution in [3.8, 4) is 11.3 Å². The Hall–Kier alpha value is -4.29. The maximum Gasteiger partial charge on any atom is 0.290 e. The van der Waals surface area contributed by atoms with Gasteiger partial charge in [0.05, 0.1) is 12.3 Å². The summed E-state index contributed by atoms with van der Waals surface area (Å²) in [7, 11) is 3.56. The number of aromatic nitrogens is 4. The fourth-order valence-corrected chi connectivity index (χ4v) is 6.34. The predicted octanol–water partition coefficient (Wildman–Crippen LogP) is 1.73. The van der Waals surface area contributed by atoms with Gasteiger partial charge in [-0.1, -0.05) is 13.8 Å². The van der Waals surface area contributed by atoms with Gasteiger partial charge in [0.15, 0.2) is 0 Å². The van der Waals surface area contributed by atoms with Gasteiger partial charge in [0.2, 0.25) is 0 Å². The molecule has 0 aromatic carbocycles. The molecule has 1 saturated heterocycles. The van der Waals surface area contributed by atoms with Gasteiger partial charge in [-0.25, -0.2) is 9.67 Å². The number of aryl methyl sites for hydroxylation is 1. The molecule has 0 saturated carbocycles. The highest BCUT2D eigenvalue weighted by Gasteiger charge is 2.37. The van der Waals surface area contributed by atoms with Crippen molar-refractivity contribution in [1.82, 2.24) is 29.5 Å². The number of nitrogens with zero attached hydrogens (tertiary/aromatic N) is 6. The maximum atomic E-state index is 13.7.